The molecule has 0 saturated heterocycles. The number of aromatic nitrogens is 2. The van der Waals surface area contributed by atoms with Crippen molar-refractivity contribution in [3.05, 3.63) is 36.5 Å². The first-order valence-corrected chi connectivity index (χ1v) is 4.36. The van der Waals surface area contributed by atoms with E-state index in [9.17, 15) is 0 Å². The lowest BCUT2D eigenvalue weighted by Crippen LogP contribution is -1.86. The third-order valence-corrected chi connectivity index (χ3v) is 1.82. The highest BCUT2D eigenvalue weighted by molar-refractivity contribution is 5.50. The average molecular weight is 190 g/mol. The molecular weight excluding hydrogens is 180 g/mol. The Morgan fingerprint density at radius 3 is 3.00 bits per heavy atom. The van der Waals surface area contributed by atoms with E-state index in [2.05, 4.69) is 9.97 Å². The maximum atomic E-state index is 8.70. The van der Waals surface area contributed by atoms with Crippen molar-refractivity contribution in [2.75, 3.05) is 6.61 Å². The summed E-state index contributed by atoms with van der Waals surface area (Å²) in [6.45, 7) is 0.0711. The van der Waals surface area contributed by atoms with Crippen LogP contribution >= 0.6 is 0 Å². The number of pyridine rings is 1. The SMILES string of the molecule is OCCc1cnc(-c2cccnc2)o1. The zero-order chi connectivity index (χ0) is 9.80. The van der Waals surface area contributed by atoms with Crippen molar-refractivity contribution < 1.29 is 9.52 Å². The van der Waals surface area contributed by atoms with E-state index in [0.29, 0.717) is 18.1 Å². The lowest BCUT2D eigenvalue weighted by molar-refractivity contribution is 0.288. The lowest BCUT2D eigenvalue weighted by atomic mass is 10.3. The first-order chi connectivity index (χ1) is 6.90. The van der Waals surface area contributed by atoms with E-state index in [1.165, 1.54) is 0 Å². The molecule has 0 unspecified atom stereocenters. The van der Waals surface area contributed by atoms with Crippen LogP contribution < -0.4 is 0 Å². The molecule has 72 valence electrons. The smallest absolute Gasteiger partial charge is 0.227 e. The molecule has 0 amide bonds. The maximum Gasteiger partial charge on any atom is 0.227 e. The summed E-state index contributed by atoms with van der Waals surface area (Å²) in [7, 11) is 0. The molecule has 0 atom stereocenters. The molecule has 0 aromatic carbocycles. The van der Waals surface area contributed by atoms with Crippen LogP contribution in [-0.2, 0) is 6.42 Å². The second-order valence-electron chi connectivity index (χ2n) is 2.85. The third-order valence-electron chi connectivity index (χ3n) is 1.82. The van der Waals surface area contributed by atoms with Crippen LogP contribution in [0.5, 0.6) is 0 Å². The number of oxazole rings is 1. The number of aliphatic hydroxyl groups excluding tert-OH is 1. The fraction of sp³-hybridized carbons (Fsp3) is 0.200. The minimum absolute atomic E-state index is 0.0711. The molecule has 0 radical (unpaired) electrons. The minimum atomic E-state index is 0.0711. The Balaban J connectivity index is 2.25. The van der Waals surface area contributed by atoms with Crippen molar-refractivity contribution in [1.29, 1.82) is 0 Å². The molecule has 4 heteroatoms. The van der Waals surface area contributed by atoms with Crippen LogP contribution in [0, 0.1) is 0 Å². The van der Waals surface area contributed by atoms with Gasteiger partial charge in [-0.05, 0) is 12.1 Å². The van der Waals surface area contributed by atoms with E-state index in [4.69, 9.17) is 9.52 Å². The predicted molar refractivity (Wildman–Crippen MR) is 50.5 cm³/mol. The van der Waals surface area contributed by atoms with Crippen molar-refractivity contribution in [3.8, 4) is 11.5 Å². The Bertz CT molecular complexity index is 398. The Labute approximate surface area is 81.2 Å². The van der Waals surface area contributed by atoms with Crippen LogP contribution in [0.1, 0.15) is 5.76 Å². The van der Waals surface area contributed by atoms with E-state index >= 15 is 0 Å². The molecule has 2 aromatic heterocycles. The quantitative estimate of drug-likeness (QED) is 0.791. The van der Waals surface area contributed by atoms with Crippen molar-refractivity contribution >= 4 is 0 Å². The van der Waals surface area contributed by atoms with Crippen molar-refractivity contribution in [3.63, 3.8) is 0 Å². The standard InChI is InChI=1S/C10H10N2O2/c13-5-3-9-7-12-10(14-9)8-2-1-4-11-6-8/h1-2,4,6-7,13H,3,5H2. The molecule has 0 fully saturated rings. The van der Waals surface area contributed by atoms with Gasteiger partial charge in [0.25, 0.3) is 0 Å². The largest absolute Gasteiger partial charge is 0.441 e. The van der Waals surface area contributed by atoms with Gasteiger partial charge in [0.1, 0.15) is 5.76 Å². The van der Waals surface area contributed by atoms with E-state index in [1.807, 2.05) is 12.1 Å². The zero-order valence-electron chi connectivity index (χ0n) is 7.55. The zero-order valence-corrected chi connectivity index (χ0v) is 7.55. The number of rotatable bonds is 3. The highest BCUT2D eigenvalue weighted by atomic mass is 16.4. The Morgan fingerprint density at radius 1 is 1.36 bits per heavy atom. The monoisotopic (exact) mass is 190 g/mol. The summed E-state index contributed by atoms with van der Waals surface area (Å²) < 4.78 is 5.40. The van der Waals surface area contributed by atoms with E-state index in [1.54, 1.807) is 18.6 Å². The van der Waals surface area contributed by atoms with Gasteiger partial charge in [0.2, 0.25) is 5.89 Å². The first-order valence-electron chi connectivity index (χ1n) is 4.36. The number of nitrogens with zero attached hydrogens (tertiary/aromatic N) is 2. The molecule has 0 aliphatic rings. The van der Waals surface area contributed by atoms with Crippen LogP contribution in [0.25, 0.3) is 11.5 Å². The minimum Gasteiger partial charge on any atom is -0.441 e. The molecule has 0 saturated carbocycles. The van der Waals surface area contributed by atoms with Crippen LogP contribution in [-0.4, -0.2) is 21.7 Å². The molecule has 0 aliphatic carbocycles. The highest BCUT2D eigenvalue weighted by Gasteiger charge is 2.05. The maximum absolute atomic E-state index is 8.70. The second-order valence-corrected chi connectivity index (χ2v) is 2.85. The van der Waals surface area contributed by atoms with Gasteiger partial charge in [-0.2, -0.15) is 0 Å². The second kappa shape index (κ2) is 4.02. The van der Waals surface area contributed by atoms with Crippen LogP contribution in [0.4, 0.5) is 0 Å². The number of aliphatic hydroxyl groups is 1. The van der Waals surface area contributed by atoms with Gasteiger partial charge >= 0.3 is 0 Å². The van der Waals surface area contributed by atoms with Gasteiger partial charge in [0.15, 0.2) is 0 Å². The van der Waals surface area contributed by atoms with Gasteiger partial charge < -0.3 is 9.52 Å². The Hall–Kier alpha value is -1.68. The topological polar surface area (TPSA) is 59.2 Å². The summed E-state index contributed by atoms with van der Waals surface area (Å²) in [5, 5.41) is 8.70. The van der Waals surface area contributed by atoms with Crippen LogP contribution in [0.2, 0.25) is 0 Å². The third kappa shape index (κ3) is 1.80. The van der Waals surface area contributed by atoms with Gasteiger partial charge in [-0.25, -0.2) is 4.98 Å². The highest BCUT2D eigenvalue weighted by Crippen LogP contribution is 2.17. The van der Waals surface area contributed by atoms with Gasteiger partial charge in [0, 0.05) is 18.8 Å². The van der Waals surface area contributed by atoms with Gasteiger partial charge in [-0.15, -0.1) is 0 Å². The van der Waals surface area contributed by atoms with Crippen molar-refractivity contribution in [2.45, 2.75) is 6.42 Å². The fourth-order valence-electron chi connectivity index (χ4n) is 1.16. The Kier molecular flexibility index (Phi) is 2.55. The van der Waals surface area contributed by atoms with Gasteiger partial charge in [-0.3, -0.25) is 4.98 Å². The van der Waals surface area contributed by atoms with Crippen molar-refractivity contribution in [1.82, 2.24) is 9.97 Å². The molecular formula is C10H10N2O2. The van der Waals surface area contributed by atoms with Crippen molar-refractivity contribution in [2.24, 2.45) is 0 Å². The molecule has 14 heavy (non-hydrogen) atoms. The molecule has 0 spiro atoms. The fourth-order valence-corrected chi connectivity index (χ4v) is 1.16. The molecule has 2 heterocycles. The average Bonchev–Trinajstić information content (AvgIpc) is 2.68. The molecule has 0 aliphatic heterocycles. The summed E-state index contributed by atoms with van der Waals surface area (Å²) >= 11 is 0. The first kappa shape index (κ1) is 8.90. The van der Waals surface area contributed by atoms with E-state index < -0.39 is 0 Å². The summed E-state index contributed by atoms with van der Waals surface area (Å²) in [5.41, 5.74) is 0.844. The van der Waals surface area contributed by atoms with Gasteiger partial charge in [0.05, 0.1) is 18.4 Å². The molecule has 4 nitrogen and oxygen atoms in total. The summed E-state index contributed by atoms with van der Waals surface area (Å²) in [4.78, 5) is 8.05. The van der Waals surface area contributed by atoms with Crippen LogP contribution in [0.3, 0.4) is 0 Å². The lowest BCUT2D eigenvalue weighted by Gasteiger charge is -1.92. The number of hydrogen-bond donors (Lipinski definition) is 1. The Morgan fingerprint density at radius 2 is 2.29 bits per heavy atom. The van der Waals surface area contributed by atoms with Crippen LogP contribution in [0.15, 0.2) is 35.1 Å². The van der Waals surface area contributed by atoms with E-state index in [-0.39, 0.29) is 6.61 Å². The summed E-state index contributed by atoms with van der Waals surface area (Å²) in [6, 6.07) is 3.70. The predicted octanol–water partition coefficient (Wildman–Crippen LogP) is 1.27. The molecule has 0 bridgehead atoms. The summed E-state index contributed by atoms with van der Waals surface area (Å²) in [6.07, 6.45) is 5.50. The summed E-state index contributed by atoms with van der Waals surface area (Å²) in [5.74, 6) is 1.23. The molecule has 1 N–H and O–H groups in total. The number of hydrogen-bond acceptors (Lipinski definition) is 4. The molecule has 2 aromatic rings. The van der Waals surface area contributed by atoms with Gasteiger partial charge in [-0.1, -0.05) is 0 Å². The molecule has 2 rings (SSSR count). The normalized spacial score (nSPS) is 10.4. The van der Waals surface area contributed by atoms with E-state index in [0.717, 1.165) is 5.56 Å².